The standard InChI is InChI=1S/C25H29N5O4/c1-6-32-21-15-30(12-11-20(21)34-23-10-7-17(14-27-23)33-16(2)3)19-13-24(31)29(5)18-8-9-22(26-4)28-25(18)19/h7-10,13-14,16,20-21H,6,11-12,15H2,1-3,5H3/t20-,21+/m1/s1. The second-order valence-electron chi connectivity index (χ2n) is 8.46. The number of aryl methyl sites for hydroxylation is 1. The highest BCUT2D eigenvalue weighted by Crippen LogP contribution is 2.30. The predicted octanol–water partition coefficient (Wildman–Crippen LogP) is 3.73. The van der Waals surface area contributed by atoms with Crippen molar-refractivity contribution in [1.29, 1.82) is 0 Å². The van der Waals surface area contributed by atoms with Crippen LogP contribution in [0.4, 0.5) is 11.5 Å². The van der Waals surface area contributed by atoms with Crippen LogP contribution in [0.2, 0.25) is 0 Å². The Morgan fingerprint density at radius 3 is 2.74 bits per heavy atom. The van der Waals surface area contributed by atoms with E-state index in [-0.39, 0.29) is 23.9 Å². The Balaban J connectivity index is 1.58. The summed E-state index contributed by atoms with van der Waals surface area (Å²) in [6.45, 7) is 14.9. The molecule has 1 saturated heterocycles. The summed E-state index contributed by atoms with van der Waals surface area (Å²) < 4.78 is 19.4. The number of piperidine rings is 1. The van der Waals surface area contributed by atoms with Crippen molar-refractivity contribution in [1.82, 2.24) is 14.5 Å². The predicted molar refractivity (Wildman–Crippen MR) is 130 cm³/mol. The molecular formula is C25H29N5O4. The first-order valence-corrected chi connectivity index (χ1v) is 11.4. The Labute approximate surface area is 198 Å². The molecule has 2 atom stereocenters. The molecule has 0 bridgehead atoms. The molecule has 9 heteroatoms. The second-order valence-corrected chi connectivity index (χ2v) is 8.46. The van der Waals surface area contributed by atoms with Crippen molar-refractivity contribution >= 4 is 22.5 Å². The van der Waals surface area contributed by atoms with Crippen LogP contribution in [0.5, 0.6) is 11.6 Å². The Bertz CT molecular complexity index is 1250. The van der Waals surface area contributed by atoms with Gasteiger partial charge in [0.25, 0.3) is 11.4 Å². The van der Waals surface area contributed by atoms with E-state index in [4.69, 9.17) is 20.8 Å². The zero-order valence-corrected chi connectivity index (χ0v) is 19.9. The van der Waals surface area contributed by atoms with Gasteiger partial charge in [0.05, 0.1) is 23.5 Å². The summed E-state index contributed by atoms with van der Waals surface area (Å²) in [5.74, 6) is 1.51. The molecule has 1 fully saturated rings. The van der Waals surface area contributed by atoms with Crippen LogP contribution in [0, 0.1) is 6.57 Å². The third kappa shape index (κ3) is 4.97. The average molecular weight is 464 g/mol. The zero-order valence-electron chi connectivity index (χ0n) is 19.9. The maximum atomic E-state index is 12.6. The molecule has 0 saturated carbocycles. The summed E-state index contributed by atoms with van der Waals surface area (Å²) in [4.78, 5) is 27.1. The Kier molecular flexibility index (Phi) is 6.98. The van der Waals surface area contributed by atoms with Gasteiger partial charge < -0.3 is 28.5 Å². The van der Waals surface area contributed by atoms with Gasteiger partial charge in [0.1, 0.15) is 18.0 Å². The van der Waals surface area contributed by atoms with Crippen LogP contribution >= 0.6 is 0 Å². The van der Waals surface area contributed by atoms with Crippen LogP contribution in [-0.2, 0) is 11.8 Å². The van der Waals surface area contributed by atoms with Gasteiger partial charge >= 0.3 is 0 Å². The third-order valence-electron chi connectivity index (χ3n) is 5.74. The minimum atomic E-state index is -0.227. The smallest absolute Gasteiger partial charge is 0.270 e. The van der Waals surface area contributed by atoms with Crippen LogP contribution in [-0.4, -0.2) is 52.5 Å². The number of hydrogen-bond acceptors (Lipinski definition) is 7. The number of hydrogen-bond donors (Lipinski definition) is 0. The zero-order chi connectivity index (χ0) is 24.2. The monoisotopic (exact) mass is 463 g/mol. The van der Waals surface area contributed by atoms with E-state index in [1.165, 1.54) is 0 Å². The van der Waals surface area contributed by atoms with Gasteiger partial charge in [0.15, 0.2) is 0 Å². The summed E-state index contributed by atoms with van der Waals surface area (Å²) in [6, 6.07) is 8.64. The molecule has 1 aliphatic rings. The van der Waals surface area contributed by atoms with E-state index in [1.807, 2.05) is 26.8 Å². The summed E-state index contributed by atoms with van der Waals surface area (Å²) in [5, 5.41) is 0. The molecule has 4 heterocycles. The third-order valence-corrected chi connectivity index (χ3v) is 5.74. The van der Waals surface area contributed by atoms with Crippen LogP contribution in [0.25, 0.3) is 15.9 Å². The SMILES string of the molecule is [C-]#[N+]c1ccc2c(n1)c(N1CC[C@@H](Oc3ccc(OC(C)C)cn3)[C@@H](OCC)C1)cc(=O)n2C. The molecule has 178 valence electrons. The molecule has 0 aromatic carbocycles. The Hall–Kier alpha value is -3.64. The Morgan fingerprint density at radius 2 is 2.06 bits per heavy atom. The van der Waals surface area contributed by atoms with Crippen molar-refractivity contribution in [2.45, 2.75) is 45.5 Å². The fourth-order valence-electron chi connectivity index (χ4n) is 4.16. The molecule has 1 aliphatic heterocycles. The molecule has 0 radical (unpaired) electrons. The van der Waals surface area contributed by atoms with Crippen molar-refractivity contribution in [2.24, 2.45) is 7.05 Å². The first-order valence-electron chi connectivity index (χ1n) is 11.4. The summed E-state index contributed by atoms with van der Waals surface area (Å²) in [6.07, 6.45) is 1.99. The van der Waals surface area contributed by atoms with Gasteiger partial charge in [-0.15, -0.1) is 4.98 Å². The molecule has 34 heavy (non-hydrogen) atoms. The Morgan fingerprint density at radius 1 is 1.24 bits per heavy atom. The quantitative estimate of drug-likeness (QED) is 0.494. The molecule has 3 aromatic rings. The lowest BCUT2D eigenvalue weighted by atomic mass is 10.0. The first kappa shape index (κ1) is 23.5. The maximum Gasteiger partial charge on any atom is 0.270 e. The van der Waals surface area contributed by atoms with Gasteiger partial charge in [-0.2, -0.15) is 0 Å². The molecule has 0 amide bonds. The van der Waals surface area contributed by atoms with Gasteiger partial charge in [-0.1, -0.05) is 6.57 Å². The van der Waals surface area contributed by atoms with Gasteiger partial charge in [0, 0.05) is 45.3 Å². The van der Waals surface area contributed by atoms with E-state index in [0.29, 0.717) is 60.3 Å². The van der Waals surface area contributed by atoms with Gasteiger partial charge in [-0.25, -0.2) is 4.98 Å². The largest absolute Gasteiger partial charge is 0.489 e. The van der Waals surface area contributed by atoms with Gasteiger partial charge in [-0.3, -0.25) is 4.79 Å². The van der Waals surface area contributed by atoms with Crippen molar-refractivity contribution in [3.63, 3.8) is 0 Å². The molecule has 0 aliphatic carbocycles. The first-order chi connectivity index (χ1) is 16.4. The number of anilines is 1. The van der Waals surface area contributed by atoms with Gasteiger partial charge in [0.2, 0.25) is 11.4 Å². The number of nitrogens with zero attached hydrogens (tertiary/aromatic N) is 5. The molecule has 0 unspecified atom stereocenters. The van der Waals surface area contributed by atoms with Crippen molar-refractivity contribution in [2.75, 3.05) is 24.6 Å². The fourth-order valence-corrected chi connectivity index (χ4v) is 4.16. The van der Waals surface area contributed by atoms with E-state index in [9.17, 15) is 4.79 Å². The summed E-state index contributed by atoms with van der Waals surface area (Å²) >= 11 is 0. The minimum Gasteiger partial charge on any atom is -0.489 e. The second kappa shape index (κ2) is 10.1. The lowest BCUT2D eigenvalue weighted by Crippen LogP contribution is -2.50. The number of pyridine rings is 3. The lowest BCUT2D eigenvalue weighted by Gasteiger charge is -2.39. The normalized spacial score (nSPS) is 18.2. The molecule has 4 rings (SSSR count). The number of aromatic nitrogens is 3. The van der Waals surface area contributed by atoms with Gasteiger partial charge in [-0.05, 0) is 39.0 Å². The van der Waals surface area contributed by atoms with Crippen LogP contribution < -0.4 is 19.9 Å². The molecular weight excluding hydrogens is 434 g/mol. The van der Waals surface area contributed by atoms with Crippen LogP contribution in [0.1, 0.15) is 27.2 Å². The van der Waals surface area contributed by atoms with Crippen molar-refractivity contribution in [3.8, 4) is 11.6 Å². The van der Waals surface area contributed by atoms with Crippen molar-refractivity contribution in [3.05, 3.63) is 58.3 Å². The minimum absolute atomic E-state index is 0.0754. The van der Waals surface area contributed by atoms with Crippen LogP contribution in [0.3, 0.4) is 0 Å². The van der Waals surface area contributed by atoms with E-state index in [1.54, 1.807) is 42.1 Å². The highest BCUT2D eigenvalue weighted by Gasteiger charge is 2.33. The number of ether oxygens (including phenoxy) is 3. The molecule has 0 spiro atoms. The highest BCUT2D eigenvalue weighted by molar-refractivity contribution is 5.89. The highest BCUT2D eigenvalue weighted by atomic mass is 16.5. The summed E-state index contributed by atoms with van der Waals surface area (Å²) in [7, 11) is 1.71. The molecule has 3 aromatic heterocycles. The van der Waals surface area contributed by atoms with Crippen molar-refractivity contribution < 1.29 is 14.2 Å². The number of rotatable bonds is 7. The van der Waals surface area contributed by atoms with E-state index in [2.05, 4.69) is 19.7 Å². The maximum absolute atomic E-state index is 12.6. The molecule has 9 nitrogen and oxygen atoms in total. The van der Waals surface area contributed by atoms with E-state index in [0.717, 1.165) is 0 Å². The fraction of sp³-hybridized carbons (Fsp3) is 0.440. The number of fused-ring (bicyclic) bond motifs is 1. The summed E-state index contributed by atoms with van der Waals surface area (Å²) in [5.41, 5.74) is 1.90. The average Bonchev–Trinajstić information content (AvgIpc) is 2.83. The molecule has 0 N–H and O–H groups in total. The lowest BCUT2D eigenvalue weighted by molar-refractivity contribution is -0.0296. The topological polar surface area (TPSA) is 83.1 Å². The van der Waals surface area contributed by atoms with E-state index < -0.39 is 0 Å². The van der Waals surface area contributed by atoms with E-state index >= 15 is 0 Å². The van der Waals surface area contributed by atoms with Crippen LogP contribution in [0.15, 0.2) is 41.3 Å².